The Bertz CT molecular complexity index is 1250. The van der Waals surface area contributed by atoms with E-state index < -0.39 is 0 Å². The van der Waals surface area contributed by atoms with Crippen LogP contribution in [0.2, 0.25) is 0 Å². The van der Waals surface area contributed by atoms with Crippen LogP contribution in [0, 0.1) is 13.8 Å². The van der Waals surface area contributed by atoms with Gasteiger partial charge >= 0.3 is 0 Å². The van der Waals surface area contributed by atoms with Crippen LogP contribution in [0.5, 0.6) is 5.75 Å². The van der Waals surface area contributed by atoms with E-state index in [9.17, 15) is 4.79 Å². The van der Waals surface area contributed by atoms with Crippen molar-refractivity contribution in [1.82, 2.24) is 19.9 Å². The maximum absolute atomic E-state index is 12.6. The van der Waals surface area contributed by atoms with Crippen LogP contribution in [-0.4, -0.2) is 33.4 Å². The second kappa shape index (κ2) is 9.44. The van der Waals surface area contributed by atoms with Crippen LogP contribution in [0.1, 0.15) is 29.9 Å². The zero-order valence-corrected chi connectivity index (χ0v) is 19.4. The Kier molecular flexibility index (Phi) is 6.46. The molecule has 1 atom stereocenters. The molecule has 0 fully saturated rings. The van der Waals surface area contributed by atoms with Crippen molar-refractivity contribution in [2.24, 2.45) is 0 Å². The predicted octanol–water partition coefficient (Wildman–Crippen LogP) is 4.99. The number of methoxy groups -OCH3 is 1. The molecule has 2 aromatic carbocycles. The van der Waals surface area contributed by atoms with Gasteiger partial charge in [-0.05, 0) is 38.5 Å². The van der Waals surface area contributed by atoms with E-state index >= 15 is 0 Å². The third kappa shape index (κ3) is 4.48. The Morgan fingerprint density at radius 3 is 2.59 bits per heavy atom. The van der Waals surface area contributed by atoms with Gasteiger partial charge in [0.1, 0.15) is 10.8 Å². The normalized spacial score (nSPS) is 12.0. The summed E-state index contributed by atoms with van der Waals surface area (Å²) in [5, 5.41) is 8.68. The van der Waals surface area contributed by atoms with E-state index in [0.29, 0.717) is 5.75 Å². The standard InChI is InChI=1S/C25H26N4O2S/c1-16-14-23(32-15-22(30)27-17(2)19-10-6-5-7-11-19)29-25(26-16)24(18(3)28-29)20-12-8-9-13-21(20)31-4/h5-14,17H,15H2,1-4H3,(H,27,30). The van der Waals surface area contributed by atoms with Gasteiger partial charge in [0.15, 0.2) is 5.65 Å². The quantitative estimate of drug-likeness (QED) is 0.320. The molecule has 0 aliphatic rings. The zero-order chi connectivity index (χ0) is 22.7. The number of hydrogen-bond donors (Lipinski definition) is 1. The first kappa shape index (κ1) is 21.9. The number of thioether (sulfide) groups is 1. The maximum atomic E-state index is 12.6. The molecule has 0 bridgehead atoms. The Balaban J connectivity index is 1.59. The van der Waals surface area contributed by atoms with Gasteiger partial charge in [0.25, 0.3) is 0 Å². The van der Waals surface area contributed by atoms with E-state index in [0.717, 1.165) is 44.5 Å². The molecular formula is C25H26N4O2S. The van der Waals surface area contributed by atoms with Crippen LogP contribution in [-0.2, 0) is 4.79 Å². The highest BCUT2D eigenvalue weighted by molar-refractivity contribution is 7.99. The summed E-state index contributed by atoms with van der Waals surface area (Å²) >= 11 is 1.45. The summed E-state index contributed by atoms with van der Waals surface area (Å²) < 4.78 is 7.39. The lowest BCUT2D eigenvalue weighted by Gasteiger charge is -2.14. The van der Waals surface area contributed by atoms with Crippen molar-refractivity contribution in [1.29, 1.82) is 0 Å². The van der Waals surface area contributed by atoms with Crippen LogP contribution in [0.4, 0.5) is 0 Å². The Labute approximate surface area is 192 Å². The number of ether oxygens (including phenoxy) is 1. The SMILES string of the molecule is COc1ccccc1-c1c(C)nn2c(SCC(=O)NC(C)c3ccccc3)cc(C)nc12. The average molecular weight is 447 g/mol. The maximum Gasteiger partial charge on any atom is 0.230 e. The molecule has 0 spiro atoms. The summed E-state index contributed by atoms with van der Waals surface area (Å²) in [5.41, 5.74) is 5.46. The lowest BCUT2D eigenvalue weighted by molar-refractivity contribution is -0.119. The Hall–Kier alpha value is -3.32. The summed E-state index contributed by atoms with van der Waals surface area (Å²) in [6, 6.07) is 19.7. The number of fused-ring (bicyclic) bond motifs is 1. The first-order valence-electron chi connectivity index (χ1n) is 10.5. The fourth-order valence-corrected chi connectivity index (χ4v) is 4.59. The Morgan fingerprint density at radius 1 is 1.12 bits per heavy atom. The van der Waals surface area contributed by atoms with Crippen molar-refractivity contribution < 1.29 is 9.53 Å². The number of benzene rings is 2. The van der Waals surface area contributed by atoms with E-state index in [1.165, 1.54) is 11.8 Å². The number of carbonyl (C=O) groups is 1. The number of nitrogens with zero attached hydrogens (tertiary/aromatic N) is 3. The largest absolute Gasteiger partial charge is 0.496 e. The second-order valence-electron chi connectivity index (χ2n) is 7.62. The molecule has 0 radical (unpaired) electrons. The van der Waals surface area contributed by atoms with E-state index in [-0.39, 0.29) is 11.9 Å². The molecule has 0 aliphatic heterocycles. The second-order valence-corrected chi connectivity index (χ2v) is 8.62. The highest BCUT2D eigenvalue weighted by Gasteiger charge is 2.19. The van der Waals surface area contributed by atoms with Crippen LogP contribution in [0.15, 0.2) is 65.7 Å². The molecule has 164 valence electrons. The van der Waals surface area contributed by atoms with E-state index in [2.05, 4.69) is 5.32 Å². The summed E-state index contributed by atoms with van der Waals surface area (Å²) in [4.78, 5) is 17.4. The number of carbonyl (C=O) groups excluding carboxylic acids is 1. The van der Waals surface area contributed by atoms with Crippen LogP contribution < -0.4 is 10.1 Å². The fourth-order valence-electron chi connectivity index (χ4n) is 3.73. The molecule has 0 saturated carbocycles. The van der Waals surface area contributed by atoms with Gasteiger partial charge in [-0.15, -0.1) is 0 Å². The molecule has 4 rings (SSSR count). The monoisotopic (exact) mass is 446 g/mol. The minimum absolute atomic E-state index is 0.0252. The van der Waals surface area contributed by atoms with Crippen LogP contribution in [0.25, 0.3) is 16.8 Å². The lowest BCUT2D eigenvalue weighted by atomic mass is 10.1. The number of nitrogens with one attached hydrogen (secondary N) is 1. The van der Waals surface area contributed by atoms with Crippen molar-refractivity contribution in [2.45, 2.75) is 31.8 Å². The summed E-state index contributed by atoms with van der Waals surface area (Å²) in [7, 11) is 1.66. The first-order chi connectivity index (χ1) is 15.5. The minimum atomic E-state index is -0.0485. The minimum Gasteiger partial charge on any atom is -0.496 e. The topological polar surface area (TPSA) is 68.5 Å². The summed E-state index contributed by atoms with van der Waals surface area (Å²) in [6.07, 6.45) is 0. The smallest absolute Gasteiger partial charge is 0.230 e. The molecule has 6 nitrogen and oxygen atoms in total. The van der Waals surface area contributed by atoms with Gasteiger partial charge in [-0.2, -0.15) is 5.10 Å². The number of amides is 1. The van der Waals surface area contributed by atoms with E-state index in [4.69, 9.17) is 14.8 Å². The number of rotatable bonds is 7. The van der Waals surface area contributed by atoms with Gasteiger partial charge in [-0.1, -0.05) is 60.3 Å². The Morgan fingerprint density at radius 2 is 1.84 bits per heavy atom. The van der Waals surface area contributed by atoms with Crippen molar-refractivity contribution in [3.05, 3.63) is 77.6 Å². The average Bonchev–Trinajstić information content (AvgIpc) is 3.13. The lowest BCUT2D eigenvalue weighted by Crippen LogP contribution is -2.28. The van der Waals surface area contributed by atoms with Gasteiger partial charge in [-0.25, -0.2) is 9.50 Å². The van der Waals surface area contributed by atoms with Gasteiger partial charge in [0.05, 0.1) is 30.2 Å². The molecule has 2 heterocycles. The molecule has 2 aromatic heterocycles. The predicted molar refractivity (Wildman–Crippen MR) is 128 cm³/mol. The highest BCUT2D eigenvalue weighted by atomic mass is 32.2. The fraction of sp³-hybridized carbons (Fsp3) is 0.240. The van der Waals surface area contributed by atoms with E-state index in [1.807, 2.05) is 86.0 Å². The van der Waals surface area contributed by atoms with Gasteiger partial charge in [-0.3, -0.25) is 4.79 Å². The summed E-state index contributed by atoms with van der Waals surface area (Å²) in [5.74, 6) is 1.04. The van der Waals surface area contributed by atoms with Crippen molar-refractivity contribution in [2.75, 3.05) is 12.9 Å². The van der Waals surface area contributed by atoms with Crippen molar-refractivity contribution >= 4 is 23.3 Å². The van der Waals surface area contributed by atoms with E-state index in [1.54, 1.807) is 7.11 Å². The molecule has 0 aliphatic carbocycles. The molecule has 4 aromatic rings. The molecule has 1 unspecified atom stereocenters. The van der Waals surface area contributed by atoms with Crippen LogP contribution >= 0.6 is 11.8 Å². The van der Waals surface area contributed by atoms with Gasteiger partial charge in [0.2, 0.25) is 5.91 Å². The summed E-state index contributed by atoms with van der Waals surface area (Å²) in [6.45, 7) is 5.91. The molecule has 1 amide bonds. The number of hydrogen-bond acceptors (Lipinski definition) is 5. The van der Waals surface area contributed by atoms with Gasteiger partial charge in [0, 0.05) is 11.3 Å². The molecule has 1 N–H and O–H groups in total. The zero-order valence-electron chi connectivity index (χ0n) is 18.6. The highest BCUT2D eigenvalue weighted by Crippen LogP contribution is 2.35. The number of para-hydroxylation sites is 1. The van der Waals surface area contributed by atoms with Crippen molar-refractivity contribution in [3.8, 4) is 16.9 Å². The molecule has 7 heteroatoms. The van der Waals surface area contributed by atoms with Crippen LogP contribution in [0.3, 0.4) is 0 Å². The third-order valence-electron chi connectivity index (χ3n) is 5.26. The molecular weight excluding hydrogens is 420 g/mol. The first-order valence-corrected chi connectivity index (χ1v) is 11.4. The number of aryl methyl sites for hydroxylation is 2. The van der Waals surface area contributed by atoms with Crippen molar-refractivity contribution in [3.63, 3.8) is 0 Å². The number of aromatic nitrogens is 3. The van der Waals surface area contributed by atoms with Gasteiger partial charge < -0.3 is 10.1 Å². The third-order valence-corrected chi connectivity index (χ3v) is 6.26. The molecule has 0 saturated heterocycles. The molecule has 32 heavy (non-hydrogen) atoms.